The van der Waals surface area contributed by atoms with Crippen LogP contribution in [0.15, 0.2) is 24.3 Å². The Morgan fingerprint density at radius 3 is 2.67 bits per heavy atom. The van der Waals surface area contributed by atoms with Gasteiger partial charge in [-0.2, -0.15) is 0 Å². The molecule has 0 aromatic heterocycles. The van der Waals surface area contributed by atoms with Crippen LogP contribution in [0.2, 0.25) is 0 Å². The van der Waals surface area contributed by atoms with E-state index in [9.17, 15) is 14.4 Å². The fourth-order valence-corrected chi connectivity index (χ4v) is 3.34. The predicted molar refractivity (Wildman–Crippen MR) is 90.6 cm³/mol. The number of hydrogen-bond donors (Lipinski definition) is 3. The summed E-state index contributed by atoms with van der Waals surface area (Å²) >= 11 is 0. The Bertz CT molecular complexity index is 638. The first kappa shape index (κ1) is 16.5. The van der Waals surface area contributed by atoms with E-state index in [0.29, 0.717) is 17.7 Å². The molecule has 1 unspecified atom stereocenters. The Balaban J connectivity index is 1.54. The van der Waals surface area contributed by atoms with Crippen molar-refractivity contribution in [3.8, 4) is 0 Å². The lowest BCUT2D eigenvalue weighted by Crippen LogP contribution is -2.43. The van der Waals surface area contributed by atoms with Crippen molar-refractivity contribution in [2.24, 2.45) is 0 Å². The number of fused-ring (bicyclic) bond motifs is 1. The lowest BCUT2D eigenvalue weighted by Gasteiger charge is -2.23. The summed E-state index contributed by atoms with van der Waals surface area (Å²) in [6.45, 7) is 0. The van der Waals surface area contributed by atoms with E-state index in [4.69, 9.17) is 0 Å². The quantitative estimate of drug-likeness (QED) is 0.789. The van der Waals surface area contributed by atoms with E-state index in [-0.39, 0.29) is 30.2 Å². The summed E-state index contributed by atoms with van der Waals surface area (Å²) in [7, 11) is 0. The highest BCUT2D eigenvalue weighted by atomic mass is 16.2. The Hall–Kier alpha value is -2.37. The molecule has 1 aromatic rings. The van der Waals surface area contributed by atoms with Gasteiger partial charge in [0.2, 0.25) is 11.8 Å². The van der Waals surface area contributed by atoms with Gasteiger partial charge in [0, 0.05) is 12.5 Å². The minimum atomic E-state index is -0.693. The number of carbonyl (C=O) groups excluding carboxylic acids is 3. The van der Waals surface area contributed by atoms with Crippen LogP contribution in [0.1, 0.15) is 55.3 Å². The van der Waals surface area contributed by atoms with Gasteiger partial charge in [0.15, 0.2) is 0 Å². The molecule has 1 fully saturated rings. The SMILES string of the molecule is O=C(CCC1NC(=O)c2ccccc2NC1=O)NC1CCCCC1. The number of nitrogens with one attached hydrogen (secondary N) is 3. The smallest absolute Gasteiger partial charge is 0.254 e. The summed E-state index contributed by atoms with van der Waals surface area (Å²) in [5.41, 5.74) is 0.953. The topological polar surface area (TPSA) is 87.3 Å². The van der Waals surface area contributed by atoms with Crippen molar-refractivity contribution in [2.75, 3.05) is 5.32 Å². The maximum Gasteiger partial charge on any atom is 0.254 e. The molecule has 0 spiro atoms. The molecular formula is C18H23N3O3. The van der Waals surface area contributed by atoms with Gasteiger partial charge in [0.1, 0.15) is 6.04 Å². The van der Waals surface area contributed by atoms with Crippen molar-refractivity contribution in [1.29, 1.82) is 0 Å². The second-order valence-corrected chi connectivity index (χ2v) is 6.50. The summed E-state index contributed by atoms with van der Waals surface area (Å²) in [4.78, 5) is 36.6. The normalized spacial score (nSPS) is 21.2. The van der Waals surface area contributed by atoms with Gasteiger partial charge in [-0.3, -0.25) is 14.4 Å². The molecule has 6 heteroatoms. The average Bonchev–Trinajstić information content (AvgIpc) is 2.71. The van der Waals surface area contributed by atoms with Crippen molar-refractivity contribution >= 4 is 23.4 Å². The summed E-state index contributed by atoms with van der Waals surface area (Å²) in [6, 6.07) is 6.45. The third-order valence-corrected chi connectivity index (χ3v) is 4.68. The average molecular weight is 329 g/mol. The van der Waals surface area contributed by atoms with Crippen LogP contribution in [0, 0.1) is 0 Å². The zero-order valence-electron chi connectivity index (χ0n) is 13.6. The monoisotopic (exact) mass is 329 g/mol. The lowest BCUT2D eigenvalue weighted by molar-refractivity contribution is -0.122. The van der Waals surface area contributed by atoms with Gasteiger partial charge in [-0.1, -0.05) is 31.4 Å². The van der Waals surface area contributed by atoms with Crippen LogP contribution in [-0.2, 0) is 9.59 Å². The molecule has 0 bridgehead atoms. The number of anilines is 1. The zero-order valence-corrected chi connectivity index (χ0v) is 13.6. The van der Waals surface area contributed by atoms with Gasteiger partial charge in [-0.05, 0) is 31.4 Å². The highest BCUT2D eigenvalue weighted by molar-refractivity contribution is 6.09. The molecule has 1 aromatic carbocycles. The summed E-state index contributed by atoms with van der Waals surface area (Å²) < 4.78 is 0. The first-order valence-corrected chi connectivity index (χ1v) is 8.63. The first-order chi connectivity index (χ1) is 11.6. The molecule has 3 rings (SSSR count). The van der Waals surface area contributed by atoms with E-state index in [2.05, 4.69) is 16.0 Å². The molecule has 128 valence electrons. The largest absolute Gasteiger partial charge is 0.353 e. The molecule has 1 heterocycles. The van der Waals surface area contributed by atoms with E-state index < -0.39 is 6.04 Å². The van der Waals surface area contributed by atoms with Crippen molar-refractivity contribution < 1.29 is 14.4 Å². The lowest BCUT2D eigenvalue weighted by atomic mass is 9.95. The van der Waals surface area contributed by atoms with Crippen LogP contribution in [0.3, 0.4) is 0 Å². The molecule has 3 amide bonds. The van der Waals surface area contributed by atoms with Crippen molar-refractivity contribution in [2.45, 2.75) is 57.0 Å². The van der Waals surface area contributed by atoms with E-state index >= 15 is 0 Å². The Labute approximate surface area is 141 Å². The van der Waals surface area contributed by atoms with Crippen molar-refractivity contribution in [1.82, 2.24) is 10.6 Å². The van der Waals surface area contributed by atoms with Crippen LogP contribution in [0.4, 0.5) is 5.69 Å². The van der Waals surface area contributed by atoms with E-state index in [0.717, 1.165) is 25.7 Å². The minimum absolute atomic E-state index is 0.0503. The van der Waals surface area contributed by atoms with Crippen LogP contribution in [0.25, 0.3) is 0 Å². The fourth-order valence-electron chi connectivity index (χ4n) is 3.34. The van der Waals surface area contributed by atoms with Crippen LogP contribution in [-0.4, -0.2) is 29.8 Å². The number of rotatable bonds is 4. The van der Waals surface area contributed by atoms with Gasteiger partial charge < -0.3 is 16.0 Å². The van der Waals surface area contributed by atoms with E-state index in [1.54, 1.807) is 24.3 Å². The summed E-state index contributed by atoms with van der Waals surface area (Å²) in [6.07, 6.45) is 6.13. The second-order valence-electron chi connectivity index (χ2n) is 6.50. The number of benzene rings is 1. The van der Waals surface area contributed by atoms with Crippen LogP contribution >= 0.6 is 0 Å². The van der Waals surface area contributed by atoms with Crippen LogP contribution < -0.4 is 16.0 Å². The molecular weight excluding hydrogens is 306 g/mol. The Morgan fingerprint density at radius 2 is 1.88 bits per heavy atom. The molecule has 1 atom stereocenters. The van der Waals surface area contributed by atoms with Gasteiger partial charge in [-0.25, -0.2) is 0 Å². The van der Waals surface area contributed by atoms with E-state index in [1.807, 2.05) is 0 Å². The molecule has 1 aliphatic carbocycles. The molecule has 6 nitrogen and oxygen atoms in total. The highest BCUT2D eigenvalue weighted by Crippen LogP contribution is 2.20. The molecule has 0 saturated heterocycles. The van der Waals surface area contributed by atoms with Gasteiger partial charge in [0.05, 0.1) is 11.3 Å². The van der Waals surface area contributed by atoms with Gasteiger partial charge in [-0.15, -0.1) is 0 Å². The Kier molecular flexibility index (Phi) is 5.13. The zero-order chi connectivity index (χ0) is 16.9. The number of amides is 3. The highest BCUT2D eigenvalue weighted by Gasteiger charge is 2.28. The Morgan fingerprint density at radius 1 is 1.12 bits per heavy atom. The second kappa shape index (κ2) is 7.47. The molecule has 1 saturated carbocycles. The molecule has 2 aliphatic rings. The van der Waals surface area contributed by atoms with Crippen molar-refractivity contribution in [3.63, 3.8) is 0 Å². The standard InChI is InChI=1S/C18H23N3O3/c22-16(19-12-6-2-1-3-7-12)11-10-15-18(24)20-14-9-5-4-8-13(14)17(23)21-15/h4-5,8-9,12,15H,1-3,6-7,10-11H2,(H,19,22)(H,20,24)(H,21,23). The van der Waals surface area contributed by atoms with Gasteiger partial charge in [0.25, 0.3) is 5.91 Å². The third-order valence-electron chi connectivity index (χ3n) is 4.68. The minimum Gasteiger partial charge on any atom is -0.353 e. The maximum atomic E-state index is 12.3. The van der Waals surface area contributed by atoms with E-state index in [1.165, 1.54) is 6.42 Å². The van der Waals surface area contributed by atoms with Crippen LogP contribution in [0.5, 0.6) is 0 Å². The summed E-state index contributed by atoms with van der Waals surface area (Å²) in [5, 5.41) is 8.50. The molecule has 24 heavy (non-hydrogen) atoms. The molecule has 0 radical (unpaired) electrons. The van der Waals surface area contributed by atoms with Crippen molar-refractivity contribution in [3.05, 3.63) is 29.8 Å². The fraction of sp³-hybridized carbons (Fsp3) is 0.500. The predicted octanol–water partition coefficient (Wildman–Crippen LogP) is 1.97. The maximum absolute atomic E-state index is 12.3. The summed E-state index contributed by atoms with van der Waals surface area (Å²) in [5.74, 6) is -0.619. The first-order valence-electron chi connectivity index (χ1n) is 8.63. The number of carbonyl (C=O) groups is 3. The molecule has 3 N–H and O–H groups in total. The number of para-hydroxylation sites is 1. The third kappa shape index (κ3) is 3.93. The number of hydrogen-bond acceptors (Lipinski definition) is 3. The molecule has 1 aliphatic heterocycles. The van der Waals surface area contributed by atoms with Gasteiger partial charge >= 0.3 is 0 Å².